The van der Waals surface area contributed by atoms with Gasteiger partial charge in [0.25, 0.3) is 0 Å². The molecular weight excluding hydrogens is 402 g/mol. The Kier molecular flexibility index (Phi) is 9.78. The number of morpholine rings is 1. The highest BCUT2D eigenvalue weighted by Crippen LogP contribution is 2.15. The van der Waals surface area contributed by atoms with Crippen LogP contribution in [0.2, 0.25) is 0 Å². The highest BCUT2D eigenvalue weighted by atomic mass is 16.5. The van der Waals surface area contributed by atoms with Gasteiger partial charge in [0.1, 0.15) is 5.82 Å². The summed E-state index contributed by atoms with van der Waals surface area (Å²) in [6.45, 7) is 12.4. The first kappa shape index (κ1) is 24.0. The second-order valence-electron chi connectivity index (χ2n) is 8.33. The molecule has 0 saturated carbocycles. The summed E-state index contributed by atoms with van der Waals surface area (Å²) in [5, 5.41) is 6.74. The van der Waals surface area contributed by atoms with Crippen LogP contribution in [0.4, 0.5) is 5.82 Å². The van der Waals surface area contributed by atoms with Gasteiger partial charge in [-0.25, -0.2) is 9.98 Å². The molecule has 7 nitrogen and oxygen atoms in total. The second-order valence-corrected chi connectivity index (χ2v) is 8.33. The van der Waals surface area contributed by atoms with Gasteiger partial charge in [-0.2, -0.15) is 0 Å². The summed E-state index contributed by atoms with van der Waals surface area (Å²) >= 11 is 0. The number of nitrogens with zero attached hydrogens (tertiary/aromatic N) is 3. The molecule has 1 fully saturated rings. The Morgan fingerprint density at radius 3 is 2.78 bits per heavy atom. The fraction of sp³-hybridized carbons (Fsp3) is 0.520. The van der Waals surface area contributed by atoms with E-state index < -0.39 is 0 Å². The van der Waals surface area contributed by atoms with Gasteiger partial charge in [-0.05, 0) is 37.0 Å². The molecule has 1 aromatic heterocycles. The number of pyridine rings is 1. The summed E-state index contributed by atoms with van der Waals surface area (Å²) in [5.41, 5.74) is 2.29. The Balaban J connectivity index is 1.43. The number of rotatable bonds is 10. The number of hydrogen-bond donors (Lipinski definition) is 2. The fourth-order valence-electron chi connectivity index (χ4n) is 3.52. The Hall–Kier alpha value is -2.64. The van der Waals surface area contributed by atoms with E-state index in [0.717, 1.165) is 50.1 Å². The van der Waals surface area contributed by atoms with Gasteiger partial charge in [0.05, 0.1) is 32.5 Å². The standard InChI is InChI=1S/C25H37N5O2/c1-4-26-25(28-14-20(2)18-31-19-22-8-6-5-7-9-22)29-16-23-10-11-24(27-15-23)30-12-13-32-21(3)17-30/h5-11,15,20-21H,4,12-14,16-19H2,1-3H3,(H2,26,28,29). The minimum Gasteiger partial charge on any atom is -0.376 e. The molecule has 2 aromatic rings. The molecule has 1 aromatic carbocycles. The number of ether oxygens (including phenoxy) is 2. The first-order valence-electron chi connectivity index (χ1n) is 11.6. The molecule has 2 heterocycles. The van der Waals surface area contributed by atoms with Crippen molar-refractivity contribution < 1.29 is 9.47 Å². The number of benzene rings is 1. The molecule has 2 atom stereocenters. The molecule has 7 heteroatoms. The van der Waals surface area contributed by atoms with Crippen LogP contribution >= 0.6 is 0 Å². The summed E-state index contributed by atoms with van der Waals surface area (Å²) in [4.78, 5) is 11.6. The quantitative estimate of drug-likeness (QED) is 0.438. The van der Waals surface area contributed by atoms with Crippen LogP contribution in [0.3, 0.4) is 0 Å². The Morgan fingerprint density at radius 2 is 2.06 bits per heavy atom. The lowest BCUT2D eigenvalue weighted by molar-refractivity contribution is 0.0529. The number of anilines is 1. The third-order valence-electron chi connectivity index (χ3n) is 5.27. The maximum atomic E-state index is 5.85. The first-order valence-corrected chi connectivity index (χ1v) is 11.6. The number of nitrogens with one attached hydrogen (secondary N) is 2. The predicted molar refractivity (Wildman–Crippen MR) is 130 cm³/mol. The SMILES string of the molecule is CCNC(=NCc1ccc(N2CCOC(C)C2)nc1)NCC(C)COCc1ccccc1. The first-order chi connectivity index (χ1) is 15.6. The number of aliphatic imine (C=N–C) groups is 1. The van der Waals surface area contributed by atoms with Crippen molar-refractivity contribution in [2.75, 3.05) is 44.3 Å². The maximum absolute atomic E-state index is 5.85. The van der Waals surface area contributed by atoms with E-state index in [4.69, 9.17) is 14.5 Å². The molecule has 1 aliphatic rings. The minimum atomic E-state index is 0.245. The molecule has 2 N–H and O–H groups in total. The fourth-order valence-corrected chi connectivity index (χ4v) is 3.52. The average molecular weight is 440 g/mol. The van der Waals surface area contributed by atoms with Crippen LogP contribution < -0.4 is 15.5 Å². The highest BCUT2D eigenvalue weighted by Gasteiger charge is 2.17. The average Bonchev–Trinajstić information content (AvgIpc) is 2.82. The van der Waals surface area contributed by atoms with Crippen molar-refractivity contribution in [1.29, 1.82) is 0 Å². The van der Waals surface area contributed by atoms with Gasteiger partial charge in [-0.3, -0.25) is 0 Å². The topological polar surface area (TPSA) is 71.0 Å². The van der Waals surface area contributed by atoms with Crippen LogP contribution in [0, 0.1) is 5.92 Å². The van der Waals surface area contributed by atoms with Crippen LogP contribution in [0.25, 0.3) is 0 Å². The normalized spacial score (nSPS) is 17.8. The van der Waals surface area contributed by atoms with Crippen molar-refractivity contribution >= 4 is 11.8 Å². The zero-order chi connectivity index (χ0) is 22.6. The molecule has 0 aliphatic carbocycles. The Morgan fingerprint density at radius 1 is 1.22 bits per heavy atom. The summed E-state index contributed by atoms with van der Waals surface area (Å²) in [6.07, 6.45) is 2.16. The van der Waals surface area contributed by atoms with Gasteiger partial charge < -0.3 is 25.0 Å². The zero-order valence-electron chi connectivity index (χ0n) is 19.6. The summed E-state index contributed by atoms with van der Waals surface area (Å²) in [5.74, 6) is 2.19. The van der Waals surface area contributed by atoms with Crippen molar-refractivity contribution in [2.24, 2.45) is 10.9 Å². The molecule has 0 radical (unpaired) electrons. The van der Waals surface area contributed by atoms with Crippen molar-refractivity contribution in [3.8, 4) is 0 Å². The smallest absolute Gasteiger partial charge is 0.191 e. The molecule has 3 rings (SSSR count). The van der Waals surface area contributed by atoms with E-state index in [1.807, 2.05) is 24.4 Å². The zero-order valence-corrected chi connectivity index (χ0v) is 19.6. The van der Waals surface area contributed by atoms with Crippen LogP contribution in [-0.2, 0) is 22.6 Å². The lowest BCUT2D eigenvalue weighted by Crippen LogP contribution is -2.41. The molecular formula is C25H37N5O2. The highest BCUT2D eigenvalue weighted by molar-refractivity contribution is 5.79. The van der Waals surface area contributed by atoms with Crippen molar-refractivity contribution in [3.63, 3.8) is 0 Å². The van der Waals surface area contributed by atoms with E-state index in [1.165, 1.54) is 5.56 Å². The molecule has 1 saturated heterocycles. The molecule has 2 unspecified atom stereocenters. The Labute approximate surface area is 192 Å². The number of hydrogen-bond acceptors (Lipinski definition) is 5. The number of aromatic nitrogens is 1. The van der Waals surface area contributed by atoms with E-state index in [0.29, 0.717) is 25.7 Å². The van der Waals surface area contributed by atoms with Crippen LogP contribution in [0.15, 0.2) is 53.7 Å². The van der Waals surface area contributed by atoms with Crippen LogP contribution in [-0.4, -0.2) is 56.4 Å². The molecule has 1 aliphatic heterocycles. The molecule has 0 amide bonds. The third kappa shape index (κ3) is 8.13. The predicted octanol–water partition coefficient (Wildman–Crippen LogP) is 3.21. The molecule has 0 spiro atoms. The lowest BCUT2D eigenvalue weighted by atomic mass is 10.2. The van der Waals surface area contributed by atoms with Crippen LogP contribution in [0.5, 0.6) is 0 Å². The minimum absolute atomic E-state index is 0.245. The van der Waals surface area contributed by atoms with Gasteiger partial charge in [-0.1, -0.05) is 43.3 Å². The molecule has 32 heavy (non-hydrogen) atoms. The summed E-state index contributed by atoms with van der Waals surface area (Å²) in [6, 6.07) is 14.4. The van der Waals surface area contributed by atoms with E-state index in [2.05, 4.69) is 65.6 Å². The van der Waals surface area contributed by atoms with E-state index in [-0.39, 0.29) is 6.10 Å². The van der Waals surface area contributed by atoms with Gasteiger partial charge >= 0.3 is 0 Å². The second kappa shape index (κ2) is 13.0. The van der Waals surface area contributed by atoms with E-state index in [9.17, 15) is 0 Å². The Bertz CT molecular complexity index is 813. The van der Waals surface area contributed by atoms with Gasteiger partial charge in [0, 0.05) is 32.4 Å². The van der Waals surface area contributed by atoms with Gasteiger partial charge in [-0.15, -0.1) is 0 Å². The van der Waals surface area contributed by atoms with E-state index >= 15 is 0 Å². The number of guanidine groups is 1. The van der Waals surface area contributed by atoms with Crippen molar-refractivity contribution in [1.82, 2.24) is 15.6 Å². The molecule has 0 bridgehead atoms. The summed E-state index contributed by atoms with van der Waals surface area (Å²) in [7, 11) is 0. The van der Waals surface area contributed by atoms with Crippen LogP contribution in [0.1, 0.15) is 31.9 Å². The monoisotopic (exact) mass is 439 g/mol. The summed E-state index contributed by atoms with van der Waals surface area (Å²) < 4.78 is 11.5. The largest absolute Gasteiger partial charge is 0.376 e. The maximum Gasteiger partial charge on any atom is 0.191 e. The van der Waals surface area contributed by atoms with Crippen molar-refractivity contribution in [2.45, 2.75) is 40.0 Å². The van der Waals surface area contributed by atoms with Gasteiger partial charge in [0.15, 0.2) is 5.96 Å². The van der Waals surface area contributed by atoms with Crippen molar-refractivity contribution in [3.05, 3.63) is 59.8 Å². The molecule has 174 valence electrons. The third-order valence-corrected chi connectivity index (χ3v) is 5.27. The van der Waals surface area contributed by atoms with E-state index in [1.54, 1.807) is 0 Å². The lowest BCUT2D eigenvalue weighted by Gasteiger charge is -2.32. The van der Waals surface area contributed by atoms with Gasteiger partial charge in [0.2, 0.25) is 0 Å².